The first kappa shape index (κ1) is 56.4. The van der Waals surface area contributed by atoms with E-state index in [9.17, 15) is 19.8 Å². The molecule has 0 aromatic heterocycles. The normalized spacial score (nSPS) is 7.04. The molecule has 0 unspecified atom stereocenters. The molecular formula is C13H9ClO10Re2S2. The first-order chi connectivity index (χ1) is 12.5. The maximum absolute atomic E-state index is 10.2. The summed E-state index contributed by atoms with van der Waals surface area (Å²) in [6.07, 6.45) is 0.707. The summed E-state index contributed by atoms with van der Waals surface area (Å²) in [5.74, 6) is -1.19. The molecule has 0 rings (SSSR count). The van der Waals surface area contributed by atoms with E-state index in [4.69, 9.17) is 40.4 Å². The van der Waals surface area contributed by atoms with Crippen molar-refractivity contribution in [2.75, 3.05) is 17.3 Å². The maximum atomic E-state index is 10.2. The van der Waals surface area contributed by atoms with Crippen molar-refractivity contribution in [3.05, 3.63) is 0 Å². The second kappa shape index (κ2) is 82.4. The molecule has 0 aromatic carbocycles. The molecule has 0 aromatic rings. The Labute approximate surface area is 204 Å². The molecule has 154 valence electrons. The number of hydrogen-bond acceptors (Lipinski definition) is 12. The average molecular weight is 797 g/mol. The molecule has 1 atom stereocenters. The molecule has 0 bridgehead atoms. The van der Waals surface area contributed by atoms with Crippen LogP contribution in [0.15, 0.2) is 0 Å². The first-order valence-electron chi connectivity index (χ1n) is 5.00. The minimum absolute atomic E-state index is 0. The number of aliphatic carboxylic acids is 2. The van der Waals surface area contributed by atoms with Gasteiger partial charge in [0, 0.05) is 5.75 Å². The molecule has 0 amide bonds. The van der Waals surface area contributed by atoms with Crippen molar-refractivity contribution in [3.63, 3.8) is 0 Å². The molecule has 0 spiro atoms. The van der Waals surface area contributed by atoms with Crippen LogP contribution in [0.25, 0.3) is 0 Å². The number of carboxylic acids is 2. The van der Waals surface area contributed by atoms with Crippen LogP contribution < -0.4 is 10.2 Å². The monoisotopic (exact) mass is 798 g/mol. The maximum Gasteiger partial charge on any atom is 1.00 e. The minimum Gasteiger partial charge on any atom is -0.549 e. The first-order valence-corrected chi connectivity index (χ1v) is 7.64. The van der Waals surface area contributed by atoms with Gasteiger partial charge in [-0.3, -0.25) is 28.8 Å². The average Bonchev–Trinajstić information content (AvgIpc) is 2.73. The van der Waals surface area contributed by atoms with E-state index in [1.165, 1.54) is 11.8 Å². The van der Waals surface area contributed by atoms with Crippen LogP contribution in [0.1, 0.15) is 6.42 Å². The van der Waals surface area contributed by atoms with Gasteiger partial charge in [-0.05, 0) is 17.9 Å². The van der Waals surface area contributed by atoms with Gasteiger partial charge >= 0.3 is 40.8 Å². The number of carbonyl (C=O) groups excluding carboxylic acids is 8. The summed E-state index contributed by atoms with van der Waals surface area (Å²) < 4.78 is -1.03. The van der Waals surface area contributed by atoms with E-state index in [2.05, 4.69) is 40.7 Å². The van der Waals surface area contributed by atoms with Crippen LogP contribution in [0.5, 0.6) is 0 Å². The van der Waals surface area contributed by atoms with E-state index in [-0.39, 0.29) is 46.6 Å². The van der Waals surface area contributed by atoms with Crippen molar-refractivity contribution in [1.82, 2.24) is 0 Å². The van der Waals surface area contributed by atoms with Crippen LogP contribution >= 0.6 is 35.1 Å². The summed E-state index contributed by atoms with van der Waals surface area (Å²) in [5, 5.41) is 20.1. The summed E-state index contributed by atoms with van der Waals surface area (Å²) in [6, 6.07) is 0. The number of halogens is 1. The zero-order chi connectivity index (χ0) is 23.0. The summed E-state index contributed by atoms with van der Waals surface area (Å²) in [4.78, 5) is 65.1. The fourth-order valence-electron chi connectivity index (χ4n) is 0.571. The molecule has 0 heterocycles. The Hall–Kier alpha value is -0.725. The van der Waals surface area contributed by atoms with E-state index in [1.54, 1.807) is 0 Å². The summed E-state index contributed by atoms with van der Waals surface area (Å²) >= 11 is 7.68. The molecule has 10 nitrogen and oxygen atoms in total. The van der Waals surface area contributed by atoms with E-state index >= 15 is 0 Å². The van der Waals surface area contributed by atoms with Gasteiger partial charge in [-0.25, -0.2) is 0 Å². The second-order valence-corrected chi connectivity index (χ2v) is 5.30. The fraction of sp³-hybridized carbons (Fsp3) is 0.385. The number of carboxylic acid groups (broad SMARTS) is 2. The molecular weight excluding hydrogens is 788 g/mol. The van der Waals surface area contributed by atoms with Gasteiger partial charge in [-0.1, -0.05) is 0 Å². The summed E-state index contributed by atoms with van der Waals surface area (Å²) in [6.45, 7) is 27.0. The SMILES string of the molecule is O=C([O-])CSCCCS[C@@H](Cl)C(=O)[O-].[C]=O.[C]=O.[C]=O.[C]=O.[C]=O.[C]=O.[Re+].[Re+]. The van der Waals surface area contributed by atoms with Crippen LogP contribution in [0.3, 0.4) is 0 Å². The largest absolute Gasteiger partial charge is 1.00 e. The third-order valence-corrected chi connectivity index (χ3v) is 3.69. The Morgan fingerprint density at radius 3 is 1.32 bits per heavy atom. The molecule has 0 saturated carbocycles. The Bertz CT molecular complexity index is 283. The molecule has 15 heteroatoms. The zero-order valence-electron chi connectivity index (χ0n) is 13.4. The van der Waals surface area contributed by atoms with Crippen molar-refractivity contribution in [2.24, 2.45) is 0 Å². The van der Waals surface area contributed by atoms with E-state index in [0.717, 1.165) is 11.8 Å². The van der Waals surface area contributed by atoms with Gasteiger partial charge in [0.25, 0.3) is 40.7 Å². The molecule has 0 aliphatic rings. The molecule has 0 saturated heterocycles. The quantitative estimate of drug-likeness (QED) is 0.175. The molecule has 0 N–H and O–H groups in total. The summed E-state index contributed by atoms with van der Waals surface area (Å²) in [7, 11) is 0. The number of rotatable bonds is 8. The van der Waals surface area contributed by atoms with Crippen molar-refractivity contribution >= 4 is 87.8 Å². The molecule has 12 radical (unpaired) electrons. The fourth-order valence-corrected chi connectivity index (χ4v) is 2.33. The van der Waals surface area contributed by atoms with Gasteiger partial charge in [0.05, 0.1) is 11.9 Å². The van der Waals surface area contributed by atoms with Gasteiger partial charge in [0.2, 0.25) is 0 Å². The summed E-state index contributed by atoms with van der Waals surface area (Å²) in [5.41, 5.74) is 0. The van der Waals surface area contributed by atoms with Crippen molar-refractivity contribution in [3.8, 4) is 0 Å². The Morgan fingerprint density at radius 2 is 1.07 bits per heavy atom. The van der Waals surface area contributed by atoms with E-state index in [0.29, 0.717) is 17.9 Å². The standard InChI is InChI=1S/C7H11ClO4S2.6CO.2Re/c8-6(7(11)12)14-3-1-2-13-4-5(9)10;6*1-2;;/h6H,1-4H2,(H,9,10)(H,11,12);;;;;;;;/q;;;;;;;2*+1/p-2/t6-;;;;;;;;/m1......../s1. The Kier molecular flexibility index (Phi) is 166. The smallest absolute Gasteiger partial charge is 0.549 e. The van der Waals surface area contributed by atoms with Crippen molar-refractivity contribution in [1.29, 1.82) is 0 Å². The van der Waals surface area contributed by atoms with Crippen LogP contribution in [0, 0.1) is 0 Å². The van der Waals surface area contributed by atoms with Crippen molar-refractivity contribution in [2.45, 2.75) is 11.1 Å². The van der Waals surface area contributed by atoms with Gasteiger partial charge in [-0.2, -0.15) is 11.8 Å². The molecule has 0 aliphatic heterocycles. The third-order valence-electron chi connectivity index (χ3n) is 1.10. The van der Waals surface area contributed by atoms with Crippen molar-refractivity contribution < 1.29 is 89.4 Å². The van der Waals surface area contributed by atoms with Gasteiger partial charge < -0.3 is 19.8 Å². The van der Waals surface area contributed by atoms with E-state index < -0.39 is 16.6 Å². The van der Waals surface area contributed by atoms with Crippen LogP contribution in [0.2, 0.25) is 0 Å². The topological polar surface area (TPSA) is 183 Å². The number of carbonyl (C=O) groups is 2. The number of thioether (sulfide) groups is 2. The van der Waals surface area contributed by atoms with Gasteiger partial charge in [-0.15, -0.1) is 23.4 Å². The van der Waals surface area contributed by atoms with E-state index in [1.807, 2.05) is 0 Å². The zero-order valence-corrected chi connectivity index (χ0v) is 21.3. The molecule has 28 heavy (non-hydrogen) atoms. The van der Waals surface area contributed by atoms with Crippen LogP contribution in [-0.4, -0.2) is 74.6 Å². The predicted molar refractivity (Wildman–Crippen MR) is 88.2 cm³/mol. The minimum atomic E-state index is -1.29. The van der Waals surface area contributed by atoms with Crippen LogP contribution in [0.4, 0.5) is 0 Å². The molecule has 0 fully saturated rings. The Morgan fingerprint density at radius 1 is 0.750 bits per heavy atom. The van der Waals surface area contributed by atoms with Gasteiger partial charge in [0.15, 0.2) is 0 Å². The third kappa shape index (κ3) is 98.8. The Balaban J connectivity index is -0.0000000315. The molecule has 0 aliphatic carbocycles. The predicted octanol–water partition coefficient (Wildman–Crippen LogP) is -3.48. The number of alkyl halides is 1. The second-order valence-electron chi connectivity index (χ2n) is 2.28. The number of hydrogen-bond donors (Lipinski definition) is 0. The van der Waals surface area contributed by atoms with Crippen LogP contribution in [-0.2, 0) is 79.2 Å². The van der Waals surface area contributed by atoms with Gasteiger partial charge in [0.1, 0.15) is 4.71 Å².